The van der Waals surface area contributed by atoms with Gasteiger partial charge in [-0.3, -0.25) is 4.79 Å². The van der Waals surface area contributed by atoms with Crippen molar-refractivity contribution in [1.82, 2.24) is 0 Å². The van der Waals surface area contributed by atoms with E-state index in [0.29, 0.717) is 6.54 Å². The molecule has 0 unspecified atom stereocenters. The van der Waals surface area contributed by atoms with E-state index in [1.54, 1.807) is 0 Å². The summed E-state index contributed by atoms with van der Waals surface area (Å²) >= 11 is 0. The van der Waals surface area contributed by atoms with Crippen LogP contribution in [0.2, 0.25) is 0 Å². The summed E-state index contributed by atoms with van der Waals surface area (Å²) in [6, 6.07) is 8.39. The normalized spacial score (nSPS) is 11.4. The van der Waals surface area contributed by atoms with Crippen molar-refractivity contribution >= 4 is 11.5 Å². The third-order valence-corrected chi connectivity index (χ3v) is 3.00. The van der Waals surface area contributed by atoms with Crippen LogP contribution in [0.15, 0.2) is 24.3 Å². The van der Waals surface area contributed by atoms with E-state index >= 15 is 0 Å². The first-order chi connectivity index (χ1) is 7.84. The smallest absolute Gasteiger partial charge is 0.157 e. The zero-order valence-corrected chi connectivity index (χ0v) is 11.6. The molecule has 0 radical (unpaired) electrons. The van der Waals surface area contributed by atoms with Gasteiger partial charge in [-0.1, -0.05) is 39.8 Å². The highest BCUT2D eigenvalue weighted by molar-refractivity contribution is 5.87. The predicted octanol–water partition coefficient (Wildman–Crippen LogP) is 3.30. The molecule has 0 aliphatic heterocycles. The highest BCUT2D eigenvalue weighted by Gasteiger charge is 2.22. The fourth-order valence-electron chi connectivity index (χ4n) is 1.53. The standard InChI is InChI=1S/C15H23NO/c1-6-12-7-9-13(10-8-12)16(5)11-14(17)15(2,3)4/h7-10H,6,11H2,1-5H3. The zero-order valence-electron chi connectivity index (χ0n) is 11.6. The molecule has 0 spiro atoms. The molecule has 2 nitrogen and oxygen atoms in total. The lowest BCUT2D eigenvalue weighted by Crippen LogP contribution is -2.33. The first kappa shape index (κ1) is 13.8. The van der Waals surface area contributed by atoms with Crippen LogP contribution in [0.1, 0.15) is 33.3 Å². The van der Waals surface area contributed by atoms with E-state index in [0.717, 1.165) is 12.1 Å². The Labute approximate surface area is 105 Å². The van der Waals surface area contributed by atoms with Gasteiger partial charge in [0, 0.05) is 18.2 Å². The Balaban J connectivity index is 2.70. The molecule has 0 aromatic heterocycles. The van der Waals surface area contributed by atoms with Gasteiger partial charge in [-0.25, -0.2) is 0 Å². The van der Waals surface area contributed by atoms with Crippen molar-refractivity contribution in [3.05, 3.63) is 29.8 Å². The molecule has 0 saturated carbocycles. The van der Waals surface area contributed by atoms with Gasteiger partial charge >= 0.3 is 0 Å². The highest BCUT2D eigenvalue weighted by Crippen LogP contribution is 2.18. The molecular weight excluding hydrogens is 210 g/mol. The molecule has 0 N–H and O–H groups in total. The number of carbonyl (C=O) groups excluding carboxylic acids is 1. The largest absolute Gasteiger partial charge is 0.367 e. The Kier molecular flexibility index (Phi) is 4.33. The monoisotopic (exact) mass is 233 g/mol. The predicted molar refractivity (Wildman–Crippen MR) is 73.6 cm³/mol. The van der Waals surface area contributed by atoms with Gasteiger partial charge < -0.3 is 4.90 Å². The second kappa shape index (κ2) is 5.35. The van der Waals surface area contributed by atoms with E-state index < -0.39 is 0 Å². The van der Waals surface area contributed by atoms with Gasteiger partial charge in [0.2, 0.25) is 0 Å². The number of anilines is 1. The van der Waals surface area contributed by atoms with E-state index in [2.05, 4.69) is 31.2 Å². The Morgan fingerprint density at radius 1 is 1.18 bits per heavy atom. The number of aryl methyl sites for hydroxylation is 1. The van der Waals surface area contributed by atoms with Crippen LogP contribution in [0.4, 0.5) is 5.69 Å². The Hall–Kier alpha value is -1.31. The number of nitrogens with zero attached hydrogens (tertiary/aromatic N) is 1. The molecule has 0 fully saturated rings. The van der Waals surface area contributed by atoms with Crippen molar-refractivity contribution < 1.29 is 4.79 Å². The maximum atomic E-state index is 11.9. The van der Waals surface area contributed by atoms with E-state index in [4.69, 9.17) is 0 Å². The minimum atomic E-state index is -0.266. The Bertz CT molecular complexity index is 373. The summed E-state index contributed by atoms with van der Waals surface area (Å²) in [4.78, 5) is 13.9. The van der Waals surface area contributed by atoms with E-state index in [1.807, 2.05) is 32.7 Å². The SMILES string of the molecule is CCc1ccc(N(C)CC(=O)C(C)(C)C)cc1. The topological polar surface area (TPSA) is 20.3 Å². The molecule has 0 atom stereocenters. The molecule has 0 aliphatic carbocycles. The molecule has 0 saturated heterocycles. The van der Waals surface area contributed by atoms with Crippen molar-refractivity contribution in [3.63, 3.8) is 0 Å². The third-order valence-electron chi connectivity index (χ3n) is 3.00. The van der Waals surface area contributed by atoms with E-state index in [1.165, 1.54) is 5.56 Å². The van der Waals surface area contributed by atoms with Crippen LogP contribution in [-0.2, 0) is 11.2 Å². The van der Waals surface area contributed by atoms with Crippen molar-refractivity contribution in [2.24, 2.45) is 5.41 Å². The van der Waals surface area contributed by atoms with Crippen molar-refractivity contribution in [3.8, 4) is 0 Å². The third kappa shape index (κ3) is 3.88. The number of benzene rings is 1. The minimum Gasteiger partial charge on any atom is -0.367 e. The Morgan fingerprint density at radius 2 is 1.71 bits per heavy atom. The Morgan fingerprint density at radius 3 is 2.12 bits per heavy atom. The highest BCUT2D eigenvalue weighted by atomic mass is 16.1. The fraction of sp³-hybridized carbons (Fsp3) is 0.533. The van der Waals surface area contributed by atoms with Gasteiger partial charge in [-0.05, 0) is 24.1 Å². The number of hydrogen-bond donors (Lipinski definition) is 0. The molecule has 0 heterocycles. The summed E-state index contributed by atoms with van der Waals surface area (Å²) in [5, 5.41) is 0. The molecule has 1 aromatic carbocycles. The maximum Gasteiger partial charge on any atom is 0.157 e. The number of likely N-dealkylation sites (N-methyl/N-ethyl adjacent to an activating group) is 1. The molecule has 0 aliphatic rings. The second-order valence-corrected chi connectivity index (χ2v) is 5.55. The van der Waals surface area contributed by atoms with Crippen LogP contribution >= 0.6 is 0 Å². The van der Waals surface area contributed by atoms with Gasteiger partial charge in [0.05, 0.1) is 6.54 Å². The van der Waals surface area contributed by atoms with Gasteiger partial charge in [0.25, 0.3) is 0 Å². The van der Waals surface area contributed by atoms with Crippen LogP contribution in [0.3, 0.4) is 0 Å². The first-order valence-electron chi connectivity index (χ1n) is 6.18. The molecule has 94 valence electrons. The van der Waals surface area contributed by atoms with E-state index in [-0.39, 0.29) is 11.2 Å². The number of carbonyl (C=O) groups is 1. The summed E-state index contributed by atoms with van der Waals surface area (Å²) in [6.45, 7) is 8.49. The van der Waals surface area contributed by atoms with Crippen LogP contribution in [0.25, 0.3) is 0 Å². The minimum absolute atomic E-state index is 0.263. The van der Waals surface area contributed by atoms with Gasteiger partial charge in [0.1, 0.15) is 0 Å². The fourth-order valence-corrected chi connectivity index (χ4v) is 1.53. The summed E-state index contributed by atoms with van der Waals surface area (Å²) in [5.41, 5.74) is 2.15. The lowest BCUT2D eigenvalue weighted by Gasteiger charge is -2.24. The van der Waals surface area contributed by atoms with Gasteiger partial charge in [0.15, 0.2) is 5.78 Å². The lowest BCUT2D eigenvalue weighted by atomic mass is 9.90. The molecular formula is C15H23NO. The summed E-state index contributed by atoms with van der Waals surface area (Å²) < 4.78 is 0. The van der Waals surface area contributed by atoms with Crippen molar-refractivity contribution in [1.29, 1.82) is 0 Å². The molecule has 1 rings (SSSR count). The maximum absolute atomic E-state index is 11.9. The quantitative estimate of drug-likeness (QED) is 0.795. The van der Waals surface area contributed by atoms with Crippen LogP contribution in [0.5, 0.6) is 0 Å². The van der Waals surface area contributed by atoms with Crippen LogP contribution in [-0.4, -0.2) is 19.4 Å². The average molecular weight is 233 g/mol. The van der Waals surface area contributed by atoms with Gasteiger partial charge in [-0.2, -0.15) is 0 Å². The average Bonchev–Trinajstić information content (AvgIpc) is 2.27. The summed E-state index contributed by atoms with van der Waals surface area (Å²) in [6.07, 6.45) is 1.05. The number of Topliss-reactive ketones (excluding diaryl/α,β-unsaturated/α-hetero) is 1. The summed E-state index contributed by atoms with van der Waals surface area (Å²) in [7, 11) is 1.96. The zero-order chi connectivity index (χ0) is 13.1. The molecule has 2 heteroatoms. The molecule has 0 amide bonds. The van der Waals surface area contributed by atoms with Crippen molar-refractivity contribution in [2.45, 2.75) is 34.1 Å². The number of rotatable bonds is 4. The number of hydrogen-bond acceptors (Lipinski definition) is 2. The lowest BCUT2D eigenvalue weighted by molar-refractivity contribution is -0.124. The number of ketones is 1. The molecule has 0 bridgehead atoms. The van der Waals surface area contributed by atoms with Crippen molar-refractivity contribution in [2.75, 3.05) is 18.5 Å². The molecule has 1 aromatic rings. The second-order valence-electron chi connectivity index (χ2n) is 5.55. The first-order valence-corrected chi connectivity index (χ1v) is 6.18. The summed E-state index contributed by atoms with van der Waals surface area (Å²) in [5.74, 6) is 0.263. The van der Waals surface area contributed by atoms with E-state index in [9.17, 15) is 4.79 Å². The molecule has 17 heavy (non-hydrogen) atoms. The van der Waals surface area contributed by atoms with Gasteiger partial charge in [-0.15, -0.1) is 0 Å². The van der Waals surface area contributed by atoms with Crippen LogP contribution in [0, 0.1) is 5.41 Å². The van der Waals surface area contributed by atoms with Crippen LogP contribution < -0.4 is 4.90 Å².